The molecule has 0 fully saturated rings. The van der Waals surface area contributed by atoms with E-state index < -0.39 is 5.97 Å². The first-order valence-corrected chi connectivity index (χ1v) is 6.14. The molecule has 0 saturated carbocycles. The Labute approximate surface area is 103 Å². The summed E-state index contributed by atoms with van der Waals surface area (Å²) in [5.74, 6) is 0.202. The van der Waals surface area contributed by atoms with Gasteiger partial charge in [-0.3, -0.25) is 0 Å². The summed E-state index contributed by atoms with van der Waals surface area (Å²) in [5.41, 5.74) is 0.560. The number of ether oxygens (including phenoxy) is 1. The standard InChI is InChI=1S/C12H13NO3S/c1-4-15-12(14)10-8(3)13-11(16-10)9-6-5-7(2)17-9/h5-6H,4H2,1-3H3. The Balaban J connectivity index is 2.33. The van der Waals surface area contributed by atoms with Crippen molar-refractivity contribution in [2.24, 2.45) is 0 Å². The molecule has 0 aliphatic carbocycles. The van der Waals surface area contributed by atoms with Crippen molar-refractivity contribution < 1.29 is 13.9 Å². The van der Waals surface area contributed by atoms with Gasteiger partial charge in [-0.25, -0.2) is 9.78 Å². The van der Waals surface area contributed by atoms with Gasteiger partial charge in [0.05, 0.1) is 17.2 Å². The fourth-order valence-corrected chi connectivity index (χ4v) is 2.23. The largest absolute Gasteiger partial charge is 0.460 e. The van der Waals surface area contributed by atoms with Gasteiger partial charge in [0, 0.05) is 4.88 Å². The average Bonchev–Trinajstić information content (AvgIpc) is 2.85. The number of nitrogens with zero attached hydrogens (tertiary/aromatic N) is 1. The summed E-state index contributed by atoms with van der Waals surface area (Å²) in [4.78, 5) is 17.9. The van der Waals surface area contributed by atoms with Crippen LogP contribution in [0.15, 0.2) is 16.5 Å². The van der Waals surface area contributed by atoms with Crippen LogP contribution in [0.25, 0.3) is 10.8 Å². The minimum atomic E-state index is -0.461. The number of carbonyl (C=O) groups excluding carboxylic acids is 1. The number of carbonyl (C=O) groups is 1. The lowest BCUT2D eigenvalue weighted by atomic mass is 10.4. The summed E-state index contributed by atoms with van der Waals surface area (Å²) in [6.45, 7) is 5.83. The number of rotatable bonds is 3. The molecule has 0 amide bonds. The van der Waals surface area contributed by atoms with Crippen molar-refractivity contribution in [3.8, 4) is 10.8 Å². The minimum absolute atomic E-state index is 0.188. The maximum absolute atomic E-state index is 11.6. The summed E-state index contributed by atoms with van der Waals surface area (Å²) in [6, 6.07) is 3.92. The van der Waals surface area contributed by atoms with E-state index in [1.807, 2.05) is 19.1 Å². The summed E-state index contributed by atoms with van der Waals surface area (Å²) in [7, 11) is 0. The number of hydrogen-bond donors (Lipinski definition) is 0. The van der Waals surface area contributed by atoms with Crippen molar-refractivity contribution in [3.63, 3.8) is 0 Å². The maximum Gasteiger partial charge on any atom is 0.376 e. The smallest absolute Gasteiger partial charge is 0.376 e. The Kier molecular flexibility index (Phi) is 3.28. The van der Waals surface area contributed by atoms with Gasteiger partial charge in [-0.05, 0) is 32.9 Å². The zero-order valence-electron chi connectivity index (χ0n) is 9.94. The van der Waals surface area contributed by atoms with E-state index in [-0.39, 0.29) is 5.76 Å². The fourth-order valence-electron chi connectivity index (χ4n) is 1.44. The first kappa shape index (κ1) is 11.9. The molecule has 0 saturated heterocycles. The first-order chi connectivity index (χ1) is 8.11. The molecule has 2 aromatic heterocycles. The third-order valence-electron chi connectivity index (χ3n) is 2.21. The van der Waals surface area contributed by atoms with Gasteiger partial charge in [-0.15, -0.1) is 11.3 Å². The molecule has 17 heavy (non-hydrogen) atoms. The van der Waals surface area contributed by atoms with E-state index >= 15 is 0 Å². The molecule has 0 aromatic carbocycles. The van der Waals surface area contributed by atoms with Crippen LogP contribution in [0.5, 0.6) is 0 Å². The average molecular weight is 251 g/mol. The Morgan fingerprint density at radius 2 is 2.24 bits per heavy atom. The van der Waals surface area contributed by atoms with Gasteiger partial charge >= 0.3 is 5.97 Å². The van der Waals surface area contributed by atoms with Crippen molar-refractivity contribution in [3.05, 3.63) is 28.5 Å². The van der Waals surface area contributed by atoms with E-state index in [0.717, 1.165) is 4.88 Å². The van der Waals surface area contributed by atoms with Gasteiger partial charge in [0.2, 0.25) is 11.7 Å². The van der Waals surface area contributed by atoms with Gasteiger partial charge in [0.25, 0.3) is 0 Å². The van der Waals surface area contributed by atoms with Crippen LogP contribution in [0.2, 0.25) is 0 Å². The number of oxazole rings is 1. The first-order valence-electron chi connectivity index (χ1n) is 5.33. The highest BCUT2D eigenvalue weighted by molar-refractivity contribution is 7.15. The van der Waals surface area contributed by atoms with Crippen LogP contribution < -0.4 is 0 Å². The lowest BCUT2D eigenvalue weighted by molar-refractivity contribution is 0.0490. The summed E-state index contributed by atoms with van der Waals surface area (Å²) in [5, 5.41) is 0. The van der Waals surface area contributed by atoms with E-state index in [1.54, 1.807) is 25.2 Å². The zero-order valence-corrected chi connectivity index (χ0v) is 10.8. The van der Waals surface area contributed by atoms with Gasteiger partial charge in [0.15, 0.2) is 0 Å². The molecule has 5 heteroatoms. The van der Waals surface area contributed by atoms with E-state index in [0.29, 0.717) is 18.2 Å². The SMILES string of the molecule is CCOC(=O)c1oc(-c2ccc(C)s2)nc1C. The second-order valence-corrected chi connectivity index (χ2v) is 4.85. The van der Waals surface area contributed by atoms with Gasteiger partial charge in [-0.2, -0.15) is 0 Å². The molecule has 0 aliphatic rings. The van der Waals surface area contributed by atoms with Crippen LogP contribution in [0.1, 0.15) is 28.0 Å². The highest BCUT2D eigenvalue weighted by Crippen LogP contribution is 2.28. The Morgan fingerprint density at radius 1 is 1.47 bits per heavy atom. The molecule has 0 aliphatic heterocycles. The van der Waals surface area contributed by atoms with E-state index in [9.17, 15) is 4.79 Å². The summed E-state index contributed by atoms with van der Waals surface area (Å²) in [6.07, 6.45) is 0. The van der Waals surface area contributed by atoms with Crippen LogP contribution >= 0.6 is 11.3 Å². The van der Waals surface area contributed by atoms with Gasteiger partial charge < -0.3 is 9.15 Å². The number of esters is 1. The highest BCUT2D eigenvalue weighted by Gasteiger charge is 2.19. The number of hydrogen-bond acceptors (Lipinski definition) is 5. The normalized spacial score (nSPS) is 10.5. The Hall–Kier alpha value is -1.62. The second kappa shape index (κ2) is 4.71. The van der Waals surface area contributed by atoms with E-state index in [2.05, 4.69) is 4.98 Å². The lowest BCUT2D eigenvalue weighted by Crippen LogP contribution is -2.04. The molecule has 0 spiro atoms. The summed E-state index contributed by atoms with van der Waals surface area (Å²) >= 11 is 1.58. The number of thiophene rings is 1. The van der Waals surface area contributed by atoms with Gasteiger partial charge in [0.1, 0.15) is 0 Å². The summed E-state index contributed by atoms with van der Waals surface area (Å²) < 4.78 is 10.3. The number of aromatic nitrogens is 1. The van der Waals surface area contributed by atoms with Crippen molar-refractivity contribution in [1.82, 2.24) is 4.98 Å². The molecule has 2 aromatic rings. The third-order valence-corrected chi connectivity index (χ3v) is 3.20. The fraction of sp³-hybridized carbons (Fsp3) is 0.333. The second-order valence-electron chi connectivity index (χ2n) is 3.56. The molecule has 2 rings (SSSR count). The highest BCUT2D eigenvalue weighted by atomic mass is 32.1. The Morgan fingerprint density at radius 3 is 2.82 bits per heavy atom. The number of aryl methyl sites for hydroxylation is 2. The monoisotopic (exact) mass is 251 g/mol. The van der Waals surface area contributed by atoms with E-state index in [4.69, 9.17) is 9.15 Å². The van der Waals surface area contributed by atoms with Gasteiger partial charge in [-0.1, -0.05) is 0 Å². The predicted octanol–water partition coefficient (Wildman–Crippen LogP) is 3.20. The lowest BCUT2D eigenvalue weighted by Gasteiger charge is -1.96. The Bertz CT molecular complexity index is 542. The molecule has 0 unspecified atom stereocenters. The van der Waals surface area contributed by atoms with Crippen molar-refractivity contribution in [2.75, 3.05) is 6.61 Å². The zero-order chi connectivity index (χ0) is 12.4. The van der Waals surface area contributed by atoms with Crippen molar-refractivity contribution in [2.45, 2.75) is 20.8 Å². The molecule has 90 valence electrons. The molecule has 0 radical (unpaired) electrons. The molecule has 0 atom stereocenters. The van der Waals surface area contributed by atoms with Crippen LogP contribution in [0.3, 0.4) is 0 Å². The molecule has 4 nitrogen and oxygen atoms in total. The molecular formula is C12H13NO3S. The van der Waals surface area contributed by atoms with Crippen molar-refractivity contribution in [1.29, 1.82) is 0 Å². The van der Waals surface area contributed by atoms with Crippen LogP contribution in [-0.4, -0.2) is 17.6 Å². The molecule has 2 heterocycles. The van der Waals surface area contributed by atoms with Crippen molar-refractivity contribution >= 4 is 17.3 Å². The van der Waals surface area contributed by atoms with Crippen LogP contribution in [0.4, 0.5) is 0 Å². The quantitative estimate of drug-likeness (QED) is 0.786. The van der Waals surface area contributed by atoms with Crippen LogP contribution in [0, 0.1) is 13.8 Å². The van der Waals surface area contributed by atoms with Crippen LogP contribution in [-0.2, 0) is 4.74 Å². The topological polar surface area (TPSA) is 52.3 Å². The minimum Gasteiger partial charge on any atom is -0.460 e. The maximum atomic E-state index is 11.6. The molecular weight excluding hydrogens is 238 g/mol. The molecule has 0 N–H and O–H groups in total. The molecule has 0 bridgehead atoms. The predicted molar refractivity (Wildman–Crippen MR) is 65.2 cm³/mol. The third kappa shape index (κ3) is 2.39. The van der Waals surface area contributed by atoms with E-state index in [1.165, 1.54) is 4.88 Å².